The van der Waals surface area contributed by atoms with Crippen LogP contribution in [-0.4, -0.2) is 12.1 Å². The summed E-state index contributed by atoms with van der Waals surface area (Å²) in [6.07, 6.45) is 7.11. The van der Waals surface area contributed by atoms with E-state index >= 15 is 0 Å². The van der Waals surface area contributed by atoms with Crippen molar-refractivity contribution in [1.29, 1.82) is 0 Å². The molecule has 15 heavy (non-hydrogen) atoms. The fourth-order valence-corrected chi connectivity index (χ4v) is 2.00. The fraction of sp³-hybridized carbons (Fsp3) is 0.714. The normalized spacial score (nSPS) is 28.1. The molecule has 0 bridgehead atoms. The van der Waals surface area contributed by atoms with E-state index in [0.29, 0.717) is 12.1 Å². The molecule has 0 aromatic heterocycles. The summed E-state index contributed by atoms with van der Waals surface area (Å²) in [7, 11) is 0. The van der Waals surface area contributed by atoms with Crippen molar-refractivity contribution in [3.05, 3.63) is 23.3 Å². The van der Waals surface area contributed by atoms with E-state index in [1.807, 2.05) is 0 Å². The first-order chi connectivity index (χ1) is 7.04. The van der Waals surface area contributed by atoms with Crippen LogP contribution in [0, 0.1) is 5.92 Å². The van der Waals surface area contributed by atoms with Crippen molar-refractivity contribution in [2.45, 2.75) is 59.5 Å². The molecule has 0 radical (unpaired) electrons. The van der Waals surface area contributed by atoms with Crippen molar-refractivity contribution in [3.8, 4) is 0 Å². The van der Waals surface area contributed by atoms with Gasteiger partial charge in [-0.1, -0.05) is 31.6 Å². The van der Waals surface area contributed by atoms with Gasteiger partial charge in [-0.25, -0.2) is 0 Å². The highest BCUT2D eigenvalue weighted by Gasteiger charge is 2.27. The van der Waals surface area contributed by atoms with Gasteiger partial charge in [-0.05, 0) is 45.1 Å². The summed E-state index contributed by atoms with van der Waals surface area (Å²) in [6.45, 7) is 11.1. The van der Waals surface area contributed by atoms with E-state index < -0.39 is 0 Å². The van der Waals surface area contributed by atoms with Crippen molar-refractivity contribution in [1.82, 2.24) is 5.32 Å². The van der Waals surface area contributed by atoms with Crippen LogP contribution >= 0.6 is 0 Å². The number of allylic oxidation sites excluding steroid dienone is 2. The molecule has 0 amide bonds. The molecule has 0 aromatic carbocycles. The molecule has 1 rings (SSSR count). The first kappa shape index (κ1) is 12.5. The van der Waals surface area contributed by atoms with Crippen LogP contribution in [0.25, 0.3) is 0 Å². The highest BCUT2D eigenvalue weighted by molar-refractivity contribution is 5.35. The first-order valence-electron chi connectivity index (χ1n) is 6.14. The smallest absolute Gasteiger partial charge is 0.0336 e. The lowest BCUT2D eigenvalue weighted by Crippen LogP contribution is -2.51. The first-order valence-corrected chi connectivity index (χ1v) is 6.14. The SMILES string of the molecule is C/C=C(C)\C(=C/CC(C)C)C1CC(C)N1. The van der Waals surface area contributed by atoms with E-state index in [1.54, 1.807) is 0 Å². The zero-order valence-corrected chi connectivity index (χ0v) is 10.8. The maximum absolute atomic E-state index is 3.57. The third-order valence-electron chi connectivity index (χ3n) is 3.15. The summed E-state index contributed by atoms with van der Waals surface area (Å²) >= 11 is 0. The Morgan fingerprint density at radius 1 is 1.47 bits per heavy atom. The highest BCUT2D eigenvalue weighted by atomic mass is 15.0. The molecule has 0 aliphatic carbocycles. The molecular weight excluding hydrogens is 182 g/mol. The molecule has 0 saturated carbocycles. The number of hydrogen-bond acceptors (Lipinski definition) is 1. The fourth-order valence-electron chi connectivity index (χ4n) is 2.00. The molecular formula is C14H25N. The van der Waals surface area contributed by atoms with Crippen LogP contribution in [0.2, 0.25) is 0 Å². The molecule has 1 aliphatic rings. The molecule has 1 heteroatoms. The molecule has 1 fully saturated rings. The van der Waals surface area contributed by atoms with Gasteiger partial charge in [0.05, 0.1) is 0 Å². The standard InChI is InChI=1S/C14H25N/c1-6-11(4)13(8-7-10(2)3)14-9-12(5)15-14/h6,8,10,12,14-15H,7,9H2,1-5H3/b11-6-,13-8+. The number of hydrogen-bond donors (Lipinski definition) is 1. The van der Waals surface area contributed by atoms with Gasteiger partial charge >= 0.3 is 0 Å². The molecule has 2 unspecified atom stereocenters. The van der Waals surface area contributed by atoms with Gasteiger partial charge < -0.3 is 5.32 Å². The van der Waals surface area contributed by atoms with E-state index in [9.17, 15) is 0 Å². The quantitative estimate of drug-likeness (QED) is 0.693. The molecule has 1 N–H and O–H groups in total. The third kappa shape index (κ3) is 3.49. The van der Waals surface area contributed by atoms with Gasteiger partial charge in [0.15, 0.2) is 0 Å². The van der Waals surface area contributed by atoms with Gasteiger partial charge in [0, 0.05) is 12.1 Å². The lowest BCUT2D eigenvalue weighted by molar-refractivity contribution is 0.318. The van der Waals surface area contributed by atoms with E-state index in [1.165, 1.54) is 24.0 Å². The Balaban J connectivity index is 2.66. The van der Waals surface area contributed by atoms with Gasteiger partial charge in [0.25, 0.3) is 0 Å². The summed E-state index contributed by atoms with van der Waals surface area (Å²) in [5.74, 6) is 0.752. The van der Waals surface area contributed by atoms with Crippen LogP contribution in [-0.2, 0) is 0 Å². The lowest BCUT2D eigenvalue weighted by atomic mass is 9.86. The van der Waals surface area contributed by atoms with Gasteiger partial charge in [-0.3, -0.25) is 0 Å². The Labute approximate surface area is 94.6 Å². The van der Waals surface area contributed by atoms with Crippen LogP contribution in [0.1, 0.15) is 47.5 Å². The summed E-state index contributed by atoms with van der Waals surface area (Å²) in [5.41, 5.74) is 2.95. The topological polar surface area (TPSA) is 12.0 Å². The minimum absolute atomic E-state index is 0.606. The summed E-state index contributed by atoms with van der Waals surface area (Å²) in [6, 6.07) is 1.30. The maximum atomic E-state index is 3.57. The largest absolute Gasteiger partial charge is 0.307 e. The van der Waals surface area contributed by atoms with Crippen LogP contribution in [0.4, 0.5) is 0 Å². The van der Waals surface area contributed by atoms with Crippen molar-refractivity contribution in [3.63, 3.8) is 0 Å². The molecule has 1 heterocycles. The molecule has 0 spiro atoms. The highest BCUT2D eigenvalue weighted by Crippen LogP contribution is 2.25. The zero-order chi connectivity index (χ0) is 11.4. The molecule has 2 atom stereocenters. The monoisotopic (exact) mass is 207 g/mol. The van der Waals surface area contributed by atoms with Gasteiger partial charge in [-0.15, -0.1) is 0 Å². The molecule has 86 valence electrons. The van der Waals surface area contributed by atoms with Crippen LogP contribution < -0.4 is 5.32 Å². The molecule has 1 aliphatic heterocycles. The minimum Gasteiger partial charge on any atom is -0.307 e. The Morgan fingerprint density at radius 2 is 2.07 bits per heavy atom. The number of rotatable bonds is 4. The predicted octanol–water partition coefficient (Wildman–Crippen LogP) is 3.68. The Morgan fingerprint density at radius 3 is 2.47 bits per heavy atom. The second-order valence-corrected chi connectivity index (χ2v) is 5.12. The van der Waals surface area contributed by atoms with Gasteiger partial charge in [0.1, 0.15) is 0 Å². The summed E-state index contributed by atoms with van der Waals surface area (Å²) in [5, 5.41) is 3.57. The number of nitrogens with one attached hydrogen (secondary N) is 1. The van der Waals surface area contributed by atoms with Gasteiger partial charge in [-0.2, -0.15) is 0 Å². The Bertz CT molecular complexity index is 255. The predicted molar refractivity (Wildman–Crippen MR) is 68.0 cm³/mol. The van der Waals surface area contributed by atoms with Crippen molar-refractivity contribution in [2.75, 3.05) is 0 Å². The van der Waals surface area contributed by atoms with E-state index in [-0.39, 0.29) is 0 Å². The summed E-state index contributed by atoms with van der Waals surface area (Å²) in [4.78, 5) is 0. The van der Waals surface area contributed by atoms with Crippen molar-refractivity contribution in [2.24, 2.45) is 5.92 Å². The average Bonchev–Trinajstić information content (AvgIpc) is 2.14. The van der Waals surface area contributed by atoms with Crippen molar-refractivity contribution < 1.29 is 0 Å². The Hall–Kier alpha value is -0.560. The second kappa shape index (κ2) is 5.50. The lowest BCUT2D eigenvalue weighted by Gasteiger charge is -2.37. The Kier molecular flexibility index (Phi) is 4.59. The second-order valence-electron chi connectivity index (χ2n) is 5.12. The third-order valence-corrected chi connectivity index (χ3v) is 3.15. The molecule has 0 aromatic rings. The van der Waals surface area contributed by atoms with E-state index in [2.05, 4.69) is 52.1 Å². The molecule has 1 saturated heterocycles. The van der Waals surface area contributed by atoms with Gasteiger partial charge in [0.2, 0.25) is 0 Å². The van der Waals surface area contributed by atoms with Crippen LogP contribution in [0.15, 0.2) is 23.3 Å². The van der Waals surface area contributed by atoms with Crippen molar-refractivity contribution >= 4 is 0 Å². The minimum atomic E-state index is 0.606. The summed E-state index contributed by atoms with van der Waals surface area (Å²) < 4.78 is 0. The molecule has 1 nitrogen and oxygen atoms in total. The average molecular weight is 207 g/mol. The van der Waals surface area contributed by atoms with E-state index in [4.69, 9.17) is 0 Å². The van der Waals surface area contributed by atoms with Crippen LogP contribution in [0.5, 0.6) is 0 Å². The van der Waals surface area contributed by atoms with Crippen LogP contribution in [0.3, 0.4) is 0 Å². The van der Waals surface area contributed by atoms with E-state index in [0.717, 1.165) is 5.92 Å². The maximum Gasteiger partial charge on any atom is 0.0336 e. The zero-order valence-electron chi connectivity index (χ0n) is 10.8.